The minimum atomic E-state index is -0.00917. The molecule has 5 heteroatoms. The van der Waals surface area contributed by atoms with Crippen molar-refractivity contribution in [2.75, 3.05) is 31.9 Å². The number of aryl methyl sites for hydroxylation is 1. The number of hydrogen-bond donors (Lipinski definition) is 2. The largest absolute Gasteiger partial charge is 0.397 e. The number of nitrogens with zero attached hydrogens (tertiary/aromatic N) is 2. The van der Waals surface area contributed by atoms with Crippen LogP contribution in [0.4, 0.5) is 5.69 Å². The fraction of sp³-hybridized carbons (Fsp3) is 0.667. The monoisotopic (exact) mass is 278 g/mol. The van der Waals surface area contributed by atoms with E-state index >= 15 is 0 Å². The van der Waals surface area contributed by atoms with Crippen LogP contribution in [0.15, 0.2) is 12.3 Å². The van der Waals surface area contributed by atoms with Crippen LogP contribution in [-0.2, 0) is 6.54 Å². The number of rotatable bonds is 6. The molecule has 0 bridgehead atoms. The Morgan fingerprint density at radius 3 is 2.95 bits per heavy atom. The van der Waals surface area contributed by atoms with Crippen LogP contribution < -0.4 is 11.1 Å². The van der Waals surface area contributed by atoms with Gasteiger partial charge in [0.2, 0.25) is 0 Å². The minimum Gasteiger partial charge on any atom is -0.397 e. The Morgan fingerprint density at radius 1 is 1.50 bits per heavy atom. The summed E-state index contributed by atoms with van der Waals surface area (Å²) in [5, 5.41) is 3.06. The second-order valence-corrected chi connectivity index (χ2v) is 5.61. The Kier molecular flexibility index (Phi) is 5.06. The number of nitrogens with one attached hydrogen (secondary N) is 1. The SMILES string of the molecule is CCCn1cc(N)cc1C(=O)NCC1CCN(CC)C1. The maximum Gasteiger partial charge on any atom is 0.267 e. The zero-order valence-corrected chi connectivity index (χ0v) is 12.6. The fourth-order valence-electron chi connectivity index (χ4n) is 2.84. The van der Waals surface area contributed by atoms with Gasteiger partial charge in [-0.05, 0) is 37.9 Å². The van der Waals surface area contributed by atoms with Gasteiger partial charge < -0.3 is 20.5 Å². The van der Waals surface area contributed by atoms with Crippen molar-refractivity contribution in [1.29, 1.82) is 0 Å². The van der Waals surface area contributed by atoms with Gasteiger partial charge in [0.25, 0.3) is 5.91 Å². The number of nitrogen functional groups attached to an aromatic ring is 1. The summed E-state index contributed by atoms with van der Waals surface area (Å²) in [4.78, 5) is 14.7. The molecule has 0 aliphatic carbocycles. The average Bonchev–Trinajstić information content (AvgIpc) is 3.03. The number of carbonyl (C=O) groups is 1. The number of carbonyl (C=O) groups excluding carboxylic acids is 1. The lowest BCUT2D eigenvalue weighted by atomic mass is 10.1. The standard InChI is InChI=1S/C15H26N4O/c1-3-6-19-11-13(16)8-14(19)15(20)17-9-12-5-7-18(4-2)10-12/h8,11-12H,3-7,9-10,16H2,1-2H3,(H,17,20). The van der Waals surface area contributed by atoms with E-state index in [0.29, 0.717) is 17.3 Å². The number of likely N-dealkylation sites (tertiary alicyclic amines) is 1. The lowest BCUT2D eigenvalue weighted by Crippen LogP contribution is -2.32. The Balaban J connectivity index is 1.89. The number of aromatic nitrogens is 1. The first-order valence-corrected chi connectivity index (χ1v) is 7.60. The van der Waals surface area contributed by atoms with Crippen LogP contribution in [0.1, 0.15) is 37.2 Å². The molecule has 1 aromatic rings. The molecular weight excluding hydrogens is 252 g/mol. The number of anilines is 1. The molecular formula is C15H26N4O. The molecule has 1 saturated heterocycles. The van der Waals surface area contributed by atoms with Gasteiger partial charge in [0.1, 0.15) is 5.69 Å². The Labute approximate surface area is 121 Å². The molecule has 5 nitrogen and oxygen atoms in total. The molecule has 1 aliphatic rings. The lowest BCUT2D eigenvalue weighted by molar-refractivity contribution is 0.0938. The summed E-state index contributed by atoms with van der Waals surface area (Å²) in [6.45, 7) is 9.20. The first kappa shape index (κ1) is 14.9. The fourth-order valence-corrected chi connectivity index (χ4v) is 2.84. The van der Waals surface area contributed by atoms with Gasteiger partial charge in [-0.3, -0.25) is 4.79 Å². The molecule has 1 unspecified atom stereocenters. The van der Waals surface area contributed by atoms with Crippen molar-refractivity contribution in [3.05, 3.63) is 18.0 Å². The van der Waals surface area contributed by atoms with Crippen molar-refractivity contribution in [3.63, 3.8) is 0 Å². The summed E-state index contributed by atoms with van der Waals surface area (Å²) in [7, 11) is 0. The van der Waals surface area contributed by atoms with E-state index in [0.717, 1.165) is 39.1 Å². The van der Waals surface area contributed by atoms with Crippen LogP contribution in [0.25, 0.3) is 0 Å². The third-order valence-electron chi connectivity index (χ3n) is 3.98. The molecule has 1 aliphatic heterocycles. The number of nitrogens with two attached hydrogens (primary N) is 1. The topological polar surface area (TPSA) is 63.3 Å². The average molecular weight is 278 g/mol. The molecule has 3 N–H and O–H groups in total. The van der Waals surface area contributed by atoms with Crippen molar-refractivity contribution in [2.45, 2.75) is 33.2 Å². The predicted molar refractivity (Wildman–Crippen MR) is 81.7 cm³/mol. The van der Waals surface area contributed by atoms with Crippen molar-refractivity contribution >= 4 is 11.6 Å². The van der Waals surface area contributed by atoms with Gasteiger partial charge in [0.05, 0.1) is 5.69 Å². The first-order chi connectivity index (χ1) is 9.63. The molecule has 0 saturated carbocycles. The molecule has 2 rings (SSSR count). The first-order valence-electron chi connectivity index (χ1n) is 7.60. The van der Waals surface area contributed by atoms with Crippen molar-refractivity contribution in [1.82, 2.24) is 14.8 Å². The van der Waals surface area contributed by atoms with E-state index in [1.165, 1.54) is 6.42 Å². The lowest BCUT2D eigenvalue weighted by Gasteiger charge is -2.14. The van der Waals surface area contributed by atoms with Gasteiger partial charge in [-0.25, -0.2) is 0 Å². The normalized spacial score (nSPS) is 19.4. The quantitative estimate of drug-likeness (QED) is 0.830. The van der Waals surface area contributed by atoms with Gasteiger partial charge in [-0.1, -0.05) is 13.8 Å². The molecule has 0 aromatic carbocycles. The molecule has 1 fully saturated rings. The van der Waals surface area contributed by atoms with Gasteiger partial charge in [0.15, 0.2) is 0 Å². The van der Waals surface area contributed by atoms with Gasteiger partial charge >= 0.3 is 0 Å². The highest BCUT2D eigenvalue weighted by Gasteiger charge is 2.22. The highest BCUT2D eigenvalue weighted by Crippen LogP contribution is 2.15. The third-order valence-corrected chi connectivity index (χ3v) is 3.98. The summed E-state index contributed by atoms with van der Waals surface area (Å²) in [5.41, 5.74) is 7.12. The van der Waals surface area contributed by atoms with Crippen LogP contribution in [-0.4, -0.2) is 41.6 Å². The molecule has 1 atom stereocenters. The third kappa shape index (κ3) is 3.54. The molecule has 2 heterocycles. The molecule has 1 aromatic heterocycles. The molecule has 0 radical (unpaired) electrons. The molecule has 20 heavy (non-hydrogen) atoms. The van der Waals surface area contributed by atoms with Crippen LogP contribution in [0.5, 0.6) is 0 Å². The number of hydrogen-bond acceptors (Lipinski definition) is 3. The second-order valence-electron chi connectivity index (χ2n) is 5.61. The van der Waals surface area contributed by atoms with Crippen molar-refractivity contribution in [2.24, 2.45) is 5.92 Å². The van der Waals surface area contributed by atoms with Crippen molar-refractivity contribution < 1.29 is 4.79 Å². The highest BCUT2D eigenvalue weighted by atomic mass is 16.1. The van der Waals surface area contributed by atoms with Crippen LogP contribution in [0, 0.1) is 5.92 Å². The highest BCUT2D eigenvalue weighted by molar-refractivity contribution is 5.93. The second kappa shape index (κ2) is 6.79. The summed E-state index contributed by atoms with van der Waals surface area (Å²) in [6.07, 6.45) is 4.00. The summed E-state index contributed by atoms with van der Waals surface area (Å²) in [6, 6.07) is 1.76. The Morgan fingerprint density at radius 2 is 2.30 bits per heavy atom. The smallest absolute Gasteiger partial charge is 0.267 e. The van der Waals surface area contributed by atoms with E-state index in [4.69, 9.17) is 5.73 Å². The predicted octanol–water partition coefficient (Wildman–Crippen LogP) is 1.55. The van der Waals surface area contributed by atoms with E-state index < -0.39 is 0 Å². The molecule has 1 amide bonds. The Bertz CT molecular complexity index is 455. The van der Waals surface area contributed by atoms with E-state index in [1.54, 1.807) is 6.07 Å². The van der Waals surface area contributed by atoms with E-state index in [-0.39, 0.29) is 5.91 Å². The summed E-state index contributed by atoms with van der Waals surface area (Å²) in [5.74, 6) is 0.566. The van der Waals surface area contributed by atoms with E-state index in [1.807, 2.05) is 10.8 Å². The van der Waals surface area contributed by atoms with Gasteiger partial charge in [0, 0.05) is 25.8 Å². The maximum atomic E-state index is 12.3. The van der Waals surface area contributed by atoms with E-state index in [2.05, 4.69) is 24.1 Å². The zero-order chi connectivity index (χ0) is 14.5. The van der Waals surface area contributed by atoms with Crippen molar-refractivity contribution in [3.8, 4) is 0 Å². The summed E-state index contributed by atoms with van der Waals surface area (Å²) < 4.78 is 1.94. The van der Waals surface area contributed by atoms with Gasteiger partial charge in [-0.15, -0.1) is 0 Å². The van der Waals surface area contributed by atoms with Gasteiger partial charge in [-0.2, -0.15) is 0 Å². The Hall–Kier alpha value is -1.49. The van der Waals surface area contributed by atoms with Crippen LogP contribution >= 0.6 is 0 Å². The number of amides is 1. The molecule has 0 spiro atoms. The minimum absolute atomic E-state index is 0.00917. The van der Waals surface area contributed by atoms with Crippen LogP contribution in [0.2, 0.25) is 0 Å². The van der Waals surface area contributed by atoms with Crippen LogP contribution in [0.3, 0.4) is 0 Å². The zero-order valence-electron chi connectivity index (χ0n) is 12.6. The van der Waals surface area contributed by atoms with E-state index in [9.17, 15) is 4.79 Å². The summed E-state index contributed by atoms with van der Waals surface area (Å²) >= 11 is 0. The molecule has 112 valence electrons. The maximum absolute atomic E-state index is 12.3.